The summed E-state index contributed by atoms with van der Waals surface area (Å²) in [5.74, 6) is 0. The van der Waals surface area contributed by atoms with E-state index in [4.69, 9.17) is 0 Å². The van der Waals surface area contributed by atoms with E-state index in [-0.39, 0.29) is 40.6 Å². The molecule has 3 rings (SSSR count). The number of rotatable bonds is 5. The molecule has 26 heavy (non-hydrogen) atoms. The van der Waals surface area contributed by atoms with Crippen LogP contribution in [0.1, 0.15) is 19.4 Å². The van der Waals surface area contributed by atoms with Gasteiger partial charge in [0.05, 0.1) is 0 Å². The molecule has 0 bridgehead atoms. The molecule has 0 N–H and O–H groups in total. The van der Waals surface area contributed by atoms with Crippen molar-refractivity contribution in [2.24, 2.45) is 0 Å². The number of allylic oxidation sites excluding steroid dienone is 4. The summed E-state index contributed by atoms with van der Waals surface area (Å²) in [7, 11) is -1.71. The summed E-state index contributed by atoms with van der Waals surface area (Å²) in [5.41, 5.74) is 2.87. The second-order valence-corrected chi connectivity index (χ2v) is 13.2. The molecule has 2 aromatic carbocycles. The van der Waals surface area contributed by atoms with E-state index >= 15 is 0 Å². The second kappa shape index (κ2) is 10.9. The minimum atomic E-state index is -1.71. The van der Waals surface area contributed by atoms with Crippen LogP contribution in [0, 0.1) is 0 Å². The Morgan fingerprint density at radius 3 is 1.81 bits per heavy atom. The van der Waals surface area contributed by atoms with Crippen LogP contribution in [-0.2, 0) is 20.4 Å². The molecule has 1 unspecified atom stereocenters. The van der Waals surface area contributed by atoms with Gasteiger partial charge in [0.15, 0.2) is 0 Å². The van der Waals surface area contributed by atoms with Gasteiger partial charge in [0.2, 0.25) is 0 Å². The molecule has 0 nitrogen and oxygen atoms in total. The van der Waals surface area contributed by atoms with Crippen molar-refractivity contribution in [2.45, 2.75) is 29.3 Å². The minimum absolute atomic E-state index is 0. The first kappa shape index (κ1) is 25.7. The van der Waals surface area contributed by atoms with E-state index in [2.05, 4.69) is 113 Å². The first-order valence-electron chi connectivity index (χ1n) is 8.44. The van der Waals surface area contributed by atoms with E-state index in [1.165, 1.54) is 23.2 Å². The van der Waals surface area contributed by atoms with Crippen LogP contribution >= 0.6 is 0 Å². The second-order valence-electron chi connectivity index (χ2n) is 6.27. The zero-order valence-corrected chi connectivity index (χ0v) is 19.9. The maximum absolute atomic E-state index is 2.47. The Labute approximate surface area is 189 Å². The molecule has 1 aliphatic rings. The zero-order chi connectivity index (χ0) is 16.3. The number of hydrogen-bond donors (Lipinski definition) is 0. The van der Waals surface area contributed by atoms with Crippen molar-refractivity contribution in [1.82, 2.24) is 0 Å². The molecule has 1 atom stereocenters. The molecule has 0 radical (unpaired) electrons. The summed E-state index contributed by atoms with van der Waals surface area (Å²) in [4.78, 5) is 0. The van der Waals surface area contributed by atoms with Crippen molar-refractivity contribution < 1.29 is 57.7 Å². The Hall–Kier alpha value is -0.279. The van der Waals surface area contributed by atoms with Gasteiger partial charge in [-0.2, -0.15) is 0 Å². The average Bonchev–Trinajstić information content (AvgIpc) is 3.01. The van der Waals surface area contributed by atoms with Gasteiger partial charge in [-0.3, -0.25) is 0 Å². The fourth-order valence-electron chi connectivity index (χ4n) is 4.07. The van der Waals surface area contributed by atoms with Crippen LogP contribution in [0.5, 0.6) is 0 Å². The molecule has 136 valence electrons. The maximum Gasteiger partial charge on any atom is -1.00 e. The van der Waals surface area contributed by atoms with Gasteiger partial charge in [0, 0.05) is 0 Å². The van der Waals surface area contributed by atoms with Crippen molar-refractivity contribution in [3.8, 4) is 0 Å². The van der Waals surface area contributed by atoms with Gasteiger partial charge in [0.25, 0.3) is 0 Å². The maximum atomic E-state index is 2.47. The van der Waals surface area contributed by atoms with E-state index in [0.29, 0.717) is 0 Å². The van der Waals surface area contributed by atoms with Gasteiger partial charge in [-0.25, -0.2) is 0 Å². The van der Waals surface area contributed by atoms with Gasteiger partial charge in [-0.05, 0) is 0 Å². The molecular weight excluding hydrogens is 435 g/mol. The number of benzene rings is 2. The summed E-state index contributed by atoms with van der Waals surface area (Å²) >= 11 is 2.47. The van der Waals surface area contributed by atoms with Crippen LogP contribution in [-0.4, -0.2) is 8.07 Å². The zero-order valence-electron chi connectivity index (χ0n) is 15.1. The van der Waals surface area contributed by atoms with Crippen molar-refractivity contribution in [1.29, 1.82) is 0 Å². The van der Waals surface area contributed by atoms with Gasteiger partial charge in [-0.15, -0.1) is 0 Å². The van der Waals surface area contributed by atoms with Crippen LogP contribution in [0.3, 0.4) is 0 Å². The molecule has 0 saturated heterocycles. The number of halogens is 3. The third-order valence-corrected chi connectivity index (χ3v) is 14.1. The Balaban J connectivity index is 0.00000208. The summed E-state index contributed by atoms with van der Waals surface area (Å²) < 4.78 is 0.152. The molecule has 0 saturated carbocycles. The largest absolute Gasteiger partial charge is 1.00 e. The van der Waals surface area contributed by atoms with E-state index < -0.39 is 8.07 Å². The molecule has 1 aliphatic carbocycles. The normalized spacial score (nSPS) is 18.2. The standard InChI is InChI=1S/C21H23Si.3ClH.Ti/c1-3-22(4-2,19-14-9-6-10-15-19)21-17-11-16-20(21)18-12-7-5-8-13-18;;;;/h5-17H,3-4H2,1-2H3;3*1H;/q;;;;+3/p-3. The number of hydrogen-bond acceptors (Lipinski definition) is 0. The predicted octanol–water partition coefficient (Wildman–Crippen LogP) is -3.71. The molecular formula is C21H23Cl3SiTi. The average molecular weight is 458 g/mol. The summed E-state index contributed by atoms with van der Waals surface area (Å²) in [6.07, 6.45) is 7.09. The topological polar surface area (TPSA) is 0 Å². The summed E-state index contributed by atoms with van der Waals surface area (Å²) in [6.45, 7) is 4.78. The van der Waals surface area contributed by atoms with Crippen molar-refractivity contribution in [2.75, 3.05) is 0 Å². The Kier molecular flexibility index (Phi) is 10.8. The predicted molar refractivity (Wildman–Crippen MR) is 99.0 cm³/mol. The van der Waals surface area contributed by atoms with Crippen molar-refractivity contribution in [3.05, 3.63) is 84.5 Å². The third kappa shape index (κ3) is 4.24. The van der Waals surface area contributed by atoms with E-state index in [9.17, 15) is 0 Å². The van der Waals surface area contributed by atoms with Crippen LogP contribution < -0.4 is 42.4 Å². The molecule has 0 spiro atoms. The SMILES string of the molecule is CC[Si](CC)(c1ccccc1)[C]1([Ti+3])C=CC=C1c1ccccc1.[Cl-].[Cl-].[Cl-]. The molecule has 0 fully saturated rings. The Morgan fingerprint density at radius 1 is 0.808 bits per heavy atom. The summed E-state index contributed by atoms with van der Waals surface area (Å²) in [5, 5.41) is 1.58. The Morgan fingerprint density at radius 2 is 1.31 bits per heavy atom. The fraction of sp³-hybridized carbons (Fsp3) is 0.238. The van der Waals surface area contributed by atoms with Crippen LogP contribution in [0.25, 0.3) is 5.57 Å². The molecule has 0 amide bonds. The van der Waals surface area contributed by atoms with Crippen LogP contribution in [0.2, 0.25) is 15.4 Å². The van der Waals surface area contributed by atoms with Crippen molar-refractivity contribution in [3.63, 3.8) is 0 Å². The van der Waals surface area contributed by atoms with E-state index in [1.807, 2.05) is 0 Å². The molecule has 0 heterocycles. The van der Waals surface area contributed by atoms with Gasteiger partial charge in [-0.1, -0.05) is 0 Å². The van der Waals surface area contributed by atoms with Gasteiger partial charge < -0.3 is 37.2 Å². The van der Waals surface area contributed by atoms with Crippen LogP contribution in [0.4, 0.5) is 0 Å². The first-order valence-corrected chi connectivity index (χ1v) is 11.6. The third-order valence-electron chi connectivity index (χ3n) is 5.41. The smallest absolute Gasteiger partial charge is 1.00 e. The molecule has 0 aliphatic heterocycles. The van der Waals surface area contributed by atoms with Crippen molar-refractivity contribution >= 4 is 18.8 Å². The van der Waals surface area contributed by atoms with E-state index in [0.717, 1.165) is 0 Å². The van der Waals surface area contributed by atoms with Gasteiger partial charge in [0.1, 0.15) is 0 Å². The molecule has 5 heteroatoms. The fourth-order valence-corrected chi connectivity index (χ4v) is 11.8. The Bertz CT molecular complexity index is 727. The monoisotopic (exact) mass is 456 g/mol. The van der Waals surface area contributed by atoms with Crippen LogP contribution in [0.15, 0.2) is 78.9 Å². The summed E-state index contributed by atoms with van der Waals surface area (Å²) in [6, 6.07) is 24.7. The van der Waals surface area contributed by atoms with Gasteiger partial charge >= 0.3 is 153 Å². The quantitative estimate of drug-likeness (QED) is 0.406. The molecule has 0 aromatic heterocycles. The molecule has 2 aromatic rings. The first-order chi connectivity index (χ1) is 11.2. The van der Waals surface area contributed by atoms with E-state index in [1.54, 1.807) is 5.19 Å². The minimum Gasteiger partial charge on any atom is -1.00 e.